The molecule has 0 aliphatic rings. The first-order valence-electron chi connectivity index (χ1n) is 6.87. The maximum Gasteiger partial charge on any atom is 0.417 e. The fraction of sp³-hybridized carbons (Fsp3) is 0.500. The molecule has 8 heteroatoms. The van der Waals surface area contributed by atoms with Gasteiger partial charge in [0.25, 0.3) is 0 Å². The van der Waals surface area contributed by atoms with E-state index in [-0.39, 0.29) is 13.1 Å². The first-order chi connectivity index (χ1) is 10.2. The van der Waals surface area contributed by atoms with Crippen molar-refractivity contribution in [2.24, 2.45) is 0 Å². The van der Waals surface area contributed by atoms with Gasteiger partial charge in [0.15, 0.2) is 0 Å². The molecule has 124 valence electrons. The summed E-state index contributed by atoms with van der Waals surface area (Å²) in [4.78, 5) is 2.74. The van der Waals surface area contributed by atoms with E-state index < -0.39 is 26.7 Å². The summed E-state index contributed by atoms with van der Waals surface area (Å²) >= 11 is 0. The van der Waals surface area contributed by atoms with Crippen molar-refractivity contribution < 1.29 is 21.6 Å². The second-order valence-electron chi connectivity index (χ2n) is 4.70. The molecule has 0 unspecified atom stereocenters. The molecular weight excluding hydrogens is 317 g/mol. The van der Waals surface area contributed by atoms with Crippen LogP contribution in [0.1, 0.15) is 31.7 Å². The number of hydrogen-bond donors (Lipinski definition) is 0. The van der Waals surface area contributed by atoms with Crippen LogP contribution >= 0.6 is 0 Å². The number of nitrogens with zero attached hydrogens (tertiary/aromatic N) is 2. The van der Waals surface area contributed by atoms with Gasteiger partial charge < -0.3 is 0 Å². The third-order valence-corrected chi connectivity index (χ3v) is 4.98. The number of pyridine rings is 1. The van der Waals surface area contributed by atoms with Gasteiger partial charge in [0.1, 0.15) is 4.90 Å². The number of sulfonamides is 1. The van der Waals surface area contributed by atoms with E-state index >= 15 is 0 Å². The van der Waals surface area contributed by atoms with Crippen LogP contribution in [-0.4, -0.2) is 30.8 Å². The molecule has 0 aliphatic carbocycles. The van der Waals surface area contributed by atoms with Crippen LogP contribution in [0.15, 0.2) is 36.0 Å². The van der Waals surface area contributed by atoms with Crippen molar-refractivity contribution >= 4 is 10.0 Å². The van der Waals surface area contributed by atoms with Crippen LogP contribution in [0.4, 0.5) is 13.2 Å². The van der Waals surface area contributed by atoms with Crippen LogP contribution in [0.3, 0.4) is 0 Å². The van der Waals surface area contributed by atoms with E-state index in [4.69, 9.17) is 0 Å². The molecule has 4 nitrogen and oxygen atoms in total. The highest BCUT2D eigenvalue weighted by Gasteiger charge is 2.38. The van der Waals surface area contributed by atoms with E-state index in [1.807, 2.05) is 6.92 Å². The number of rotatable bonds is 8. The van der Waals surface area contributed by atoms with Crippen LogP contribution in [-0.2, 0) is 16.2 Å². The van der Waals surface area contributed by atoms with Crippen molar-refractivity contribution in [2.45, 2.75) is 37.3 Å². The van der Waals surface area contributed by atoms with Crippen molar-refractivity contribution in [3.05, 3.63) is 36.7 Å². The zero-order valence-corrected chi connectivity index (χ0v) is 13.1. The van der Waals surface area contributed by atoms with Gasteiger partial charge >= 0.3 is 6.18 Å². The Balaban J connectivity index is 3.27. The van der Waals surface area contributed by atoms with Gasteiger partial charge in [0.2, 0.25) is 10.0 Å². The average Bonchev–Trinajstić information content (AvgIpc) is 2.46. The molecule has 0 radical (unpaired) electrons. The number of halogens is 3. The summed E-state index contributed by atoms with van der Waals surface area (Å²) in [5, 5.41) is 0. The van der Waals surface area contributed by atoms with Gasteiger partial charge in [0, 0.05) is 25.5 Å². The highest BCUT2D eigenvalue weighted by atomic mass is 32.2. The molecule has 0 aromatic carbocycles. The molecular formula is C14H19F3N2O2S. The standard InChI is InChI=1S/C14H19F3N2O2S/c1-3-5-9-19(10-6-4-2)22(20,21)13-11-18-8-7-12(13)14(15,16)17/h3,7-8,11H,1,4-6,9-10H2,2H3. The lowest BCUT2D eigenvalue weighted by atomic mass is 10.3. The first-order valence-corrected chi connectivity index (χ1v) is 8.31. The Morgan fingerprint density at radius 2 is 2.05 bits per heavy atom. The van der Waals surface area contributed by atoms with Crippen molar-refractivity contribution in [1.82, 2.24) is 9.29 Å². The number of unbranched alkanes of at least 4 members (excludes halogenated alkanes) is 1. The number of aromatic nitrogens is 1. The molecule has 22 heavy (non-hydrogen) atoms. The van der Waals surface area contributed by atoms with E-state index in [9.17, 15) is 21.6 Å². The average molecular weight is 336 g/mol. The van der Waals surface area contributed by atoms with Gasteiger partial charge in [-0.25, -0.2) is 8.42 Å². The molecule has 0 saturated heterocycles. The Morgan fingerprint density at radius 3 is 2.59 bits per heavy atom. The molecule has 1 aromatic heterocycles. The summed E-state index contributed by atoms with van der Waals surface area (Å²) in [5.41, 5.74) is -1.19. The summed E-state index contributed by atoms with van der Waals surface area (Å²) in [7, 11) is -4.26. The molecule has 0 spiro atoms. The maximum atomic E-state index is 13.0. The molecule has 1 rings (SSSR count). The van der Waals surface area contributed by atoms with Crippen molar-refractivity contribution in [3.63, 3.8) is 0 Å². The van der Waals surface area contributed by atoms with Gasteiger partial charge in [-0.05, 0) is 18.9 Å². The molecule has 0 atom stereocenters. The molecule has 0 N–H and O–H groups in total. The van der Waals surface area contributed by atoms with Crippen molar-refractivity contribution in [3.8, 4) is 0 Å². The lowest BCUT2D eigenvalue weighted by Gasteiger charge is -2.23. The van der Waals surface area contributed by atoms with E-state index in [0.717, 1.165) is 23.1 Å². The normalized spacial score (nSPS) is 12.6. The molecule has 1 aromatic rings. The van der Waals surface area contributed by atoms with Gasteiger partial charge in [-0.2, -0.15) is 17.5 Å². The number of alkyl halides is 3. The third kappa shape index (κ3) is 4.54. The summed E-state index contributed by atoms with van der Waals surface area (Å²) in [6, 6.07) is 0.679. The lowest BCUT2D eigenvalue weighted by molar-refractivity contribution is -0.140. The Kier molecular flexibility index (Phi) is 6.55. The topological polar surface area (TPSA) is 50.3 Å². The minimum Gasteiger partial charge on any atom is -0.263 e. The fourth-order valence-electron chi connectivity index (χ4n) is 1.88. The quantitative estimate of drug-likeness (QED) is 0.683. The maximum absolute atomic E-state index is 13.0. The minimum absolute atomic E-state index is 0.0953. The Bertz CT molecular complexity index is 600. The minimum atomic E-state index is -4.75. The van der Waals surface area contributed by atoms with Gasteiger partial charge in [-0.15, -0.1) is 6.58 Å². The Morgan fingerprint density at radius 1 is 1.36 bits per heavy atom. The van der Waals surface area contributed by atoms with E-state index in [1.54, 1.807) is 0 Å². The lowest BCUT2D eigenvalue weighted by Crippen LogP contribution is -2.34. The molecule has 0 bridgehead atoms. The van der Waals surface area contributed by atoms with Crippen LogP contribution < -0.4 is 0 Å². The molecule has 0 fully saturated rings. The monoisotopic (exact) mass is 336 g/mol. The predicted molar refractivity (Wildman–Crippen MR) is 77.7 cm³/mol. The van der Waals surface area contributed by atoms with Gasteiger partial charge in [-0.1, -0.05) is 19.4 Å². The second kappa shape index (κ2) is 7.73. The predicted octanol–water partition coefficient (Wildman–Crippen LogP) is 3.47. The SMILES string of the molecule is C=CCCN(CCCC)S(=O)(=O)c1cnccc1C(F)(F)F. The van der Waals surface area contributed by atoms with E-state index in [2.05, 4.69) is 11.6 Å². The van der Waals surface area contributed by atoms with Crippen LogP contribution in [0.2, 0.25) is 0 Å². The summed E-state index contributed by atoms with van der Waals surface area (Å²) in [6.45, 7) is 5.65. The van der Waals surface area contributed by atoms with E-state index in [1.165, 1.54) is 6.08 Å². The highest BCUT2D eigenvalue weighted by Crippen LogP contribution is 2.34. The fourth-order valence-corrected chi connectivity index (χ4v) is 3.53. The summed E-state index contributed by atoms with van der Waals surface area (Å²) in [6.07, 6.45) is 0.136. The van der Waals surface area contributed by atoms with Crippen LogP contribution in [0.5, 0.6) is 0 Å². The first kappa shape index (κ1) is 18.6. The summed E-state index contributed by atoms with van der Waals surface area (Å²) in [5.74, 6) is 0. The second-order valence-corrected chi connectivity index (χ2v) is 6.61. The van der Waals surface area contributed by atoms with Crippen molar-refractivity contribution in [1.29, 1.82) is 0 Å². The Hall–Kier alpha value is -1.41. The van der Waals surface area contributed by atoms with E-state index in [0.29, 0.717) is 18.9 Å². The smallest absolute Gasteiger partial charge is 0.263 e. The van der Waals surface area contributed by atoms with Gasteiger partial charge in [0.05, 0.1) is 5.56 Å². The molecule has 0 aliphatic heterocycles. The Labute approximate surface area is 128 Å². The van der Waals surface area contributed by atoms with Gasteiger partial charge in [-0.3, -0.25) is 4.98 Å². The zero-order chi connectivity index (χ0) is 16.8. The molecule has 1 heterocycles. The van der Waals surface area contributed by atoms with Crippen LogP contribution in [0, 0.1) is 0 Å². The van der Waals surface area contributed by atoms with Crippen LogP contribution in [0.25, 0.3) is 0 Å². The zero-order valence-electron chi connectivity index (χ0n) is 12.3. The molecule has 0 saturated carbocycles. The highest BCUT2D eigenvalue weighted by molar-refractivity contribution is 7.89. The largest absolute Gasteiger partial charge is 0.417 e. The third-order valence-electron chi connectivity index (χ3n) is 3.05. The molecule has 0 amide bonds. The number of hydrogen-bond acceptors (Lipinski definition) is 3. The summed E-state index contributed by atoms with van der Waals surface area (Å²) < 4.78 is 65.2. The van der Waals surface area contributed by atoms with Crippen molar-refractivity contribution in [2.75, 3.05) is 13.1 Å².